The van der Waals surface area contributed by atoms with Gasteiger partial charge in [-0.2, -0.15) is 21.4 Å². The van der Waals surface area contributed by atoms with E-state index >= 15 is 0 Å². The molecule has 0 aliphatic rings. The van der Waals surface area contributed by atoms with Crippen LogP contribution in [0.4, 0.5) is 0 Å². The fourth-order valence-electron chi connectivity index (χ4n) is 0.429. The number of phenolic OH excluding ortho intramolecular Hbond substituents is 1. The molecule has 1 nitrogen and oxygen atoms in total. The topological polar surface area (TPSA) is 20.2 Å². The Bertz CT molecular complexity index is 152. The zero-order valence-corrected chi connectivity index (χ0v) is 8.83. The molecule has 1 radical (unpaired) electrons. The van der Waals surface area contributed by atoms with Crippen LogP contribution in [0.15, 0.2) is 18.2 Å². The monoisotopic (exact) mass is 214 g/mol. The molecule has 1 atom stereocenters. The minimum absolute atomic E-state index is 0. The number of hydrogen-bond acceptors (Lipinski definition) is 1. The normalized spacial score (nSPS) is 8.11. The average molecular weight is 214 g/mol. The van der Waals surface area contributed by atoms with Gasteiger partial charge in [-0.15, -0.1) is 17.4 Å². The smallest absolute Gasteiger partial charge is 0.00401 e. The van der Waals surface area contributed by atoms with Crippen molar-refractivity contribution in [3.8, 4) is 5.75 Å². The van der Waals surface area contributed by atoms with Crippen LogP contribution in [0.2, 0.25) is 0 Å². The summed E-state index contributed by atoms with van der Waals surface area (Å²) in [6, 6.07) is 7.74. The predicted molar refractivity (Wildman–Crippen MR) is 36.3 cm³/mol. The quantitative estimate of drug-likeness (QED) is 0.497. The number of aromatic hydroxyl groups is 1. The number of phenols is 1. The SMILES string of the molecule is Oc1[c-]cc(P)cc1.[Y]. The van der Waals surface area contributed by atoms with Crippen molar-refractivity contribution in [1.82, 2.24) is 0 Å². The van der Waals surface area contributed by atoms with Crippen molar-refractivity contribution >= 4 is 14.5 Å². The van der Waals surface area contributed by atoms with Crippen LogP contribution in [0, 0.1) is 6.07 Å². The molecule has 0 aliphatic carbocycles. The second kappa shape index (κ2) is 4.38. The van der Waals surface area contributed by atoms with E-state index in [0.717, 1.165) is 5.30 Å². The molecule has 0 bridgehead atoms. The van der Waals surface area contributed by atoms with Gasteiger partial charge in [0.1, 0.15) is 0 Å². The van der Waals surface area contributed by atoms with Gasteiger partial charge in [0.2, 0.25) is 0 Å². The first-order valence-corrected chi connectivity index (χ1v) is 2.83. The molecule has 0 saturated carbocycles. The predicted octanol–water partition coefficient (Wildman–Crippen LogP) is 0.690. The Morgan fingerprint density at radius 1 is 1.44 bits per heavy atom. The van der Waals surface area contributed by atoms with E-state index in [9.17, 15) is 0 Å². The zero-order chi connectivity index (χ0) is 5.98. The molecule has 0 heterocycles. The maximum absolute atomic E-state index is 8.69. The standard InChI is InChI=1S/C6H6OP.Y/c7-5-1-3-6(8)4-2-5;/h1,3-4,7H,8H2;/q-1;. The van der Waals surface area contributed by atoms with Gasteiger partial charge >= 0.3 is 0 Å². The van der Waals surface area contributed by atoms with E-state index in [4.69, 9.17) is 5.11 Å². The summed E-state index contributed by atoms with van der Waals surface area (Å²) in [7, 11) is 2.51. The number of rotatable bonds is 0. The third-order valence-electron chi connectivity index (χ3n) is 0.820. The van der Waals surface area contributed by atoms with Crippen LogP contribution >= 0.6 is 9.24 Å². The Kier molecular flexibility index (Phi) is 4.65. The maximum Gasteiger partial charge on any atom is 0.00401 e. The van der Waals surface area contributed by atoms with Crippen LogP contribution in [-0.2, 0) is 32.7 Å². The third kappa shape index (κ3) is 3.30. The van der Waals surface area contributed by atoms with E-state index in [1.807, 2.05) is 0 Å². The van der Waals surface area contributed by atoms with E-state index in [1.54, 1.807) is 18.2 Å². The summed E-state index contributed by atoms with van der Waals surface area (Å²) < 4.78 is 0. The molecular weight excluding hydrogens is 208 g/mol. The van der Waals surface area contributed by atoms with Gasteiger partial charge in [-0.1, -0.05) is 0 Å². The van der Waals surface area contributed by atoms with Gasteiger partial charge in [-0.25, -0.2) is 0 Å². The van der Waals surface area contributed by atoms with Crippen LogP contribution in [0.5, 0.6) is 5.75 Å². The summed E-state index contributed by atoms with van der Waals surface area (Å²) in [5.41, 5.74) is 0. The molecule has 1 unspecified atom stereocenters. The van der Waals surface area contributed by atoms with Crippen molar-refractivity contribution in [3.63, 3.8) is 0 Å². The molecule has 0 amide bonds. The van der Waals surface area contributed by atoms with Crippen molar-refractivity contribution in [2.45, 2.75) is 0 Å². The summed E-state index contributed by atoms with van der Waals surface area (Å²) in [4.78, 5) is 0. The molecule has 0 aliphatic heterocycles. The van der Waals surface area contributed by atoms with Crippen molar-refractivity contribution in [2.24, 2.45) is 0 Å². The Hall–Kier alpha value is 0.554. The summed E-state index contributed by atoms with van der Waals surface area (Å²) in [5, 5.41) is 9.72. The molecule has 1 N–H and O–H groups in total. The van der Waals surface area contributed by atoms with Gasteiger partial charge in [0.15, 0.2) is 0 Å². The molecule has 9 heavy (non-hydrogen) atoms. The molecule has 3 heteroatoms. The molecule has 1 aromatic carbocycles. The number of benzene rings is 1. The first-order chi connectivity index (χ1) is 3.79. The van der Waals surface area contributed by atoms with E-state index in [1.165, 1.54) is 0 Å². The molecule has 1 aromatic rings. The first kappa shape index (κ1) is 9.55. The van der Waals surface area contributed by atoms with Crippen molar-refractivity contribution < 1.29 is 37.8 Å². The van der Waals surface area contributed by atoms with Crippen LogP contribution < -0.4 is 5.30 Å². The molecule has 0 saturated heterocycles. The Balaban J connectivity index is 0.000000640. The second-order valence-corrected chi connectivity index (χ2v) is 2.17. The second-order valence-electron chi connectivity index (χ2n) is 1.51. The van der Waals surface area contributed by atoms with Crippen molar-refractivity contribution in [1.29, 1.82) is 0 Å². The van der Waals surface area contributed by atoms with Crippen LogP contribution in [0.3, 0.4) is 0 Å². The summed E-state index contributed by atoms with van der Waals surface area (Å²) >= 11 is 0. The van der Waals surface area contributed by atoms with Gasteiger partial charge in [0.25, 0.3) is 0 Å². The van der Waals surface area contributed by atoms with Gasteiger partial charge in [0.05, 0.1) is 0 Å². The van der Waals surface area contributed by atoms with Crippen molar-refractivity contribution in [3.05, 3.63) is 24.3 Å². The molecule has 0 spiro atoms. The summed E-state index contributed by atoms with van der Waals surface area (Å²) in [6.45, 7) is 0. The minimum atomic E-state index is 0. The van der Waals surface area contributed by atoms with Gasteiger partial charge in [0, 0.05) is 38.5 Å². The molecule has 0 fully saturated rings. The fourth-order valence-corrected chi connectivity index (χ4v) is 0.608. The Morgan fingerprint density at radius 3 is 2.44 bits per heavy atom. The first-order valence-electron chi connectivity index (χ1n) is 2.25. The maximum atomic E-state index is 8.69. The van der Waals surface area contributed by atoms with Gasteiger partial charge in [-0.05, 0) is 0 Å². The Morgan fingerprint density at radius 2 is 2.11 bits per heavy atom. The number of hydrogen-bond donors (Lipinski definition) is 1. The van der Waals surface area contributed by atoms with Gasteiger partial charge in [-0.3, -0.25) is 0 Å². The average Bonchev–Trinajstić information content (AvgIpc) is 1.77. The van der Waals surface area contributed by atoms with Crippen LogP contribution in [0.25, 0.3) is 0 Å². The van der Waals surface area contributed by atoms with E-state index in [-0.39, 0.29) is 38.5 Å². The largest absolute Gasteiger partial charge is 0.534 e. The molecule has 1 rings (SSSR count). The molecule has 0 aromatic heterocycles. The Labute approximate surface area is 81.9 Å². The van der Waals surface area contributed by atoms with Crippen molar-refractivity contribution in [2.75, 3.05) is 0 Å². The minimum Gasteiger partial charge on any atom is -0.534 e. The summed E-state index contributed by atoms with van der Waals surface area (Å²) in [6.07, 6.45) is 0. The molecule has 45 valence electrons. The van der Waals surface area contributed by atoms with Crippen LogP contribution in [0.1, 0.15) is 0 Å². The zero-order valence-electron chi connectivity index (χ0n) is 4.83. The molecular formula is C6H6OPY-. The van der Waals surface area contributed by atoms with E-state index in [0.29, 0.717) is 0 Å². The van der Waals surface area contributed by atoms with Gasteiger partial charge < -0.3 is 5.11 Å². The fraction of sp³-hybridized carbons (Fsp3) is 0. The van der Waals surface area contributed by atoms with E-state index < -0.39 is 0 Å². The van der Waals surface area contributed by atoms with E-state index in [2.05, 4.69) is 15.3 Å². The van der Waals surface area contributed by atoms with Crippen LogP contribution in [-0.4, -0.2) is 5.11 Å². The summed E-state index contributed by atoms with van der Waals surface area (Å²) in [5.74, 6) is 0.191. The third-order valence-corrected chi connectivity index (χ3v) is 1.18.